The Morgan fingerprint density at radius 3 is 2.33 bits per heavy atom. The van der Waals surface area contributed by atoms with Gasteiger partial charge >= 0.3 is 0 Å². The molecule has 0 aromatic heterocycles. The van der Waals surface area contributed by atoms with Gasteiger partial charge in [-0.3, -0.25) is 4.79 Å². The second-order valence-electron chi connectivity index (χ2n) is 7.45. The summed E-state index contributed by atoms with van der Waals surface area (Å²) in [5.74, 6) is 1.13. The molecule has 3 nitrogen and oxygen atoms in total. The normalized spacial score (nSPS) is 20.7. The summed E-state index contributed by atoms with van der Waals surface area (Å²) in [5.41, 5.74) is 2.89. The van der Waals surface area contributed by atoms with Crippen LogP contribution in [0.4, 0.5) is 0 Å². The molecule has 0 aliphatic heterocycles. The molecule has 1 unspecified atom stereocenters. The topological polar surface area (TPSA) is 29.5 Å². The molecular weight excluding hydrogens is 358 g/mol. The Morgan fingerprint density at radius 1 is 1.07 bits per heavy atom. The van der Waals surface area contributed by atoms with Crippen molar-refractivity contribution < 1.29 is 9.53 Å². The maximum Gasteiger partial charge on any atom is 0.166 e. The average molecular weight is 386 g/mol. The Morgan fingerprint density at radius 2 is 1.74 bits per heavy atom. The molecule has 0 N–H and O–H groups in total. The molecule has 3 rings (SSSR count). The van der Waals surface area contributed by atoms with Crippen LogP contribution in [0, 0.1) is 5.41 Å². The van der Waals surface area contributed by atoms with E-state index in [1.54, 1.807) is 7.11 Å². The molecule has 2 aromatic carbocycles. The van der Waals surface area contributed by atoms with Crippen LogP contribution in [0.15, 0.2) is 60.2 Å². The van der Waals surface area contributed by atoms with E-state index in [2.05, 4.69) is 17.0 Å². The molecule has 1 saturated carbocycles. The van der Waals surface area contributed by atoms with Crippen LogP contribution in [0.5, 0.6) is 5.75 Å². The smallest absolute Gasteiger partial charge is 0.166 e. The van der Waals surface area contributed by atoms with Crippen molar-refractivity contribution in [3.8, 4) is 5.75 Å². The molecule has 0 radical (unpaired) electrons. The highest BCUT2D eigenvalue weighted by Crippen LogP contribution is 2.42. The summed E-state index contributed by atoms with van der Waals surface area (Å²) in [5, 5.41) is 0. The van der Waals surface area contributed by atoms with Crippen LogP contribution in [0.25, 0.3) is 6.08 Å². The van der Waals surface area contributed by atoms with Crippen molar-refractivity contribution in [3.05, 3.63) is 71.3 Å². The number of ketones is 1. The number of rotatable bonds is 6. The number of hydrogen-bond acceptors (Lipinski definition) is 3. The molecule has 0 saturated heterocycles. The van der Waals surface area contributed by atoms with Crippen molar-refractivity contribution >= 4 is 24.3 Å². The number of carbonyl (C=O) groups is 1. The van der Waals surface area contributed by atoms with Gasteiger partial charge in [-0.05, 0) is 68.3 Å². The number of Topliss-reactive ketones (excluding diaryl/α,β-unsaturated/α-hetero) is 1. The van der Waals surface area contributed by atoms with Crippen LogP contribution in [0.1, 0.15) is 24.0 Å². The van der Waals surface area contributed by atoms with E-state index in [0.717, 1.165) is 42.7 Å². The minimum Gasteiger partial charge on any atom is -0.497 e. The largest absolute Gasteiger partial charge is 0.497 e. The number of hydrogen-bond donors (Lipinski definition) is 0. The predicted molar refractivity (Wildman–Crippen MR) is 114 cm³/mol. The second kappa shape index (κ2) is 9.20. The molecule has 1 fully saturated rings. The van der Waals surface area contributed by atoms with Gasteiger partial charge < -0.3 is 9.64 Å². The summed E-state index contributed by atoms with van der Waals surface area (Å²) in [6.07, 6.45) is 4.58. The van der Waals surface area contributed by atoms with Crippen molar-refractivity contribution in [2.75, 3.05) is 27.7 Å². The number of ether oxygens (including phenoxy) is 1. The lowest BCUT2D eigenvalue weighted by atomic mass is 9.78. The number of carbonyl (C=O) groups excluding carboxylic acids is 1. The standard InChI is InChI=1S/C23H27NO2.ClH/c1-24(2)17-23(16-19-7-5-4-6-8-19)14-13-20(22(23)25)15-18-9-11-21(26-3)12-10-18;/h4-12,15H,13-14,16-17H2,1-3H3;1H. The highest BCUT2D eigenvalue weighted by Gasteiger charge is 2.44. The summed E-state index contributed by atoms with van der Waals surface area (Å²) in [6.45, 7) is 0.778. The van der Waals surface area contributed by atoms with E-state index < -0.39 is 0 Å². The van der Waals surface area contributed by atoms with Gasteiger partial charge in [-0.25, -0.2) is 0 Å². The van der Waals surface area contributed by atoms with E-state index >= 15 is 0 Å². The van der Waals surface area contributed by atoms with Crippen molar-refractivity contribution in [1.29, 1.82) is 0 Å². The van der Waals surface area contributed by atoms with Crippen LogP contribution < -0.4 is 4.74 Å². The first-order valence-corrected chi connectivity index (χ1v) is 9.10. The van der Waals surface area contributed by atoms with Gasteiger partial charge in [0.05, 0.1) is 12.5 Å². The molecule has 2 aromatic rings. The molecule has 144 valence electrons. The lowest BCUT2D eigenvalue weighted by Gasteiger charge is -2.30. The lowest BCUT2D eigenvalue weighted by Crippen LogP contribution is -2.39. The fraction of sp³-hybridized carbons (Fsp3) is 0.348. The summed E-state index contributed by atoms with van der Waals surface area (Å²) in [4.78, 5) is 15.5. The SMILES string of the molecule is COc1ccc(C=C2CCC(Cc3ccccc3)(CN(C)C)C2=O)cc1.Cl. The zero-order valence-corrected chi connectivity index (χ0v) is 17.1. The zero-order chi connectivity index (χ0) is 18.6. The number of benzene rings is 2. The monoisotopic (exact) mass is 385 g/mol. The summed E-state index contributed by atoms with van der Waals surface area (Å²) >= 11 is 0. The molecule has 0 spiro atoms. The highest BCUT2D eigenvalue weighted by atomic mass is 35.5. The van der Waals surface area contributed by atoms with E-state index in [1.165, 1.54) is 5.56 Å². The third-order valence-corrected chi connectivity index (χ3v) is 5.11. The minimum atomic E-state index is -0.330. The minimum absolute atomic E-state index is 0. The first-order valence-electron chi connectivity index (χ1n) is 9.10. The van der Waals surface area contributed by atoms with Gasteiger partial charge in [-0.15, -0.1) is 12.4 Å². The lowest BCUT2D eigenvalue weighted by molar-refractivity contribution is -0.123. The molecular formula is C23H28ClNO2. The Balaban J connectivity index is 0.00000261. The van der Waals surface area contributed by atoms with E-state index in [0.29, 0.717) is 5.78 Å². The Bertz CT molecular complexity index is 784. The third kappa shape index (κ3) is 5.00. The first-order chi connectivity index (χ1) is 12.5. The van der Waals surface area contributed by atoms with Crippen LogP contribution in [0.3, 0.4) is 0 Å². The molecule has 0 amide bonds. The van der Waals surface area contributed by atoms with Crippen molar-refractivity contribution in [1.82, 2.24) is 4.90 Å². The van der Waals surface area contributed by atoms with Crippen LogP contribution in [-0.4, -0.2) is 38.4 Å². The Hall–Kier alpha value is -2.10. The second-order valence-corrected chi connectivity index (χ2v) is 7.45. The fourth-order valence-corrected chi connectivity index (χ4v) is 3.95. The van der Waals surface area contributed by atoms with Crippen molar-refractivity contribution in [2.24, 2.45) is 5.41 Å². The molecule has 1 atom stereocenters. The predicted octanol–water partition coefficient (Wildman–Crippen LogP) is 4.65. The summed E-state index contributed by atoms with van der Waals surface area (Å²) in [6, 6.07) is 18.2. The first kappa shape index (κ1) is 21.2. The Kier molecular flexibility index (Phi) is 7.23. The van der Waals surface area contributed by atoms with Gasteiger partial charge in [-0.2, -0.15) is 0 Å². The van der Waals surface area contributed by atoms with Gasteiger partial charge in [0.2, 0.25) is 0 Å². The molecule has 1 aliphatic carbocycles. The quantitative estimate of drug-likeness (QED) is 0.677. The van der Waals surface area contributed by atoms with Gasteiger partial charge in [0.15, 0.2) is 5.78 Å². The van der Waals surface area contributed by atoms with Gasteiger partial charge in [0.25, 0.3) is 0 Å². The number of methoxy groups -OCH3 is 1. The number of nitrogens with zero attached hydrogens (tertiary/aromatic N) is 1. The molecule has 0 heterocycles. The van der Waals surface area contributed by atoms with Gasteiger partial charge in [-0.1, -0.05) is 42.5 Å². The fourth-order valence-electron chi connectivity index (χ4n) is 3.95. The third-order valence-electron chi connectivity index (χ3n) is 5.11. The number of allylic oxidation sites excluding steroid dienone is 1. The highest BCUT2D eigenvalue weighted by molar-refractivity contribution is 6.06. The van der Waals surface area contributed by atoms with Crippen LogP contribution in [0.2, 0.25) is 0 Å². The van der Waals surface area contributed by atoms with Gasteiger partial charge in [0.1, 0.15) is 5.75 Å². The van der Waals surface area contributed by atoms with Crippen LogP contribution in [-0.2, 0) is 11.2 Å². The average Bonchev–Trinajstić information content (AvgIpc) is 2.92. The summed E-state index contributed by atoms with van der Waals surface area (Å²) in [7, 11) is 5.75. The van der Waals surface area contributed by atoms with E-state index in [9.17, 15) is 4.79 Å². The molecule has 1 aliphatic rings. The van der Waals surface area contributed by atoms with Crippen molar-refractivity contribution in [3.63, 3.8) is 0 Å². The maximum atomic E-state index is 13.4. The molecule has 27 heavy (non-hydrogen) atoms. The van der Waals surface area contributed by atoms with Gasteiger partial charge in [0, 0.05) is 6.54 Å². The van der Waals surface area contributed by atoms with Crippen LogP contribution >= 0.6 is 12.4 Å². The molecule has 4 heteroatoms. The van der Waals surface area contributed by atoms with Crippen molar-refractivity contribution in [2.45, 2.75) is 19.3 Å². The zero-order valence-electron chi connectivity index (χ0n) is 16.3. The number of halogens is 1. The van der Waals surface area contributed by atoms with E-state index in [1.807, 2.05) is 62.6 Å². The van der Waals surface area contributed by atoms with E-state index in [-0.39, 0.29) is 17.8 Å². The maximum absolute atomic E-state index is 13.4. The summed E-state index contributed by atoms with van der Waals surface area (Å²) < 4.78 is 5.21. The Labute approximate surface area is 168 Å². The molecule has 0 bridgehead atoms. The van der Waals surface area contributed by atoms with E-state index in [4.69, 9.17) is 4.74 Å².